The predicted molar refractivity (Wildman–Crippen MR) is 104 cm³/mol. The molecule has 2 aromatic rings. The molecule has 5 heteroatoms. The summed E-state index contributed by atoms with van der Waals surface area (Å²) in [4.78, 5) is 0. The monoisotopic (exact) mass is 341 g/mol. The topological polar surface area (TPSA) is 45.3 Å². The summed E-state index contributed by atoms with van der Waals surface area (Å²) in [6.07, 6.45) is 0.182. The fraction of sp³-hybridized carbons (Fsp3) is 0.400. The van der Waals surface area contributed by atoms with Crippen LogP contribution in [-0.2, 0) is 0 Å². The molecule has 25 heavy (non-hydrogen) atoms. The van der Waals surface area contributed by atoms with E-state index in [4.69, 9.17) is 4.74 Å². The van der Waals surface area contributed by atoms with Crippen LogP contribution in [0.15, 0.2) is 48.5 Å². The molecule has 0 aliphatic carbocycles. The van der Waals surface area contributed by atoms with Crippen molar-refractivity contribution >= 4 is 11.4 Å². The van der Waals surface area contributed by atoms with E-state index in [1.165, 1.54) is 5.56 Å². The number of nitrogens with one attached hydrogen (secondary N) is 3. The zero-order valence-electron chi connectivity index (χ0n) is 15.5. The first kappa shape index (κ1) is 17.6. The molecule has 1 aliphatic heterocycles. The van der Waals surface area contributed by atoms with Gasteiger partial charge in [0.15, 0.2) is 0 Å². The summed E-state index contributed by atoms with van der Waals surface area (Å²) in [6, 6.07) is 16.8. The summed E-state index contributed by atoms with van der Waals surface area (Å²) in [5.74, 6) is 1.40. The maximum atomic E-state index is 5.27. The van der Waals surface area contributed by atoms with E-state index in [0.717, 1.165) is 34.7 Å². The highest BCUT2D eigenvalue weighted by atomic mass is 16.5. The molecule has 0 bridgehead atoms. The summed E-state index contributed by atoms with van der Waals surface area (Å²) in [5, 5.41) is 10.5. The first-order valence-electron chi connectivity index (χ1n) is 8.76. The van der Waals surface area contributed by atoms with Crippen LogP contribution in [0.5, 0.6) is 5.75 Å². The van der Waals surface area contributed by atoms with E-state index in [1.807, 2.05) is 19.2 Å². The van der Waals surface area contributed by atoms with Crippen molar-refractivity contribution in [3.63, 3.8) is 0 Å². The van der Waals surface area contributed by atoms with E-state index in [2.05, 4.69) is 66.4 Å². The summed E-state index contributed by atoms with van der Waals surface area (Å²) in [5.41, 5.74) is 3.59. The standard InChI is InChI=1S/C20H29N4O/c1-21-17-6-5-7-18(12-17)23-20-22-13-16(14-24(20,2)3)15-8-10-19(25-4)11-9-15/h5-12,16,20-23H,13-14H2,1-4H3/q+1. The zero-order valence-corrected chi connectivity index (χ0v) is 15.5. The number of nitrogens with zero attached hydrogens (tertiary/aromatic N) is 1. The van der Waals surface area contributed by atoms with Gasteiger partial charge in [-0.05, 0) is 35.9 Å². The normalized spacial score (nSPS) is 22.2. The van der Waals surface area contributed by atoms with E-state index < -0.39 is 0 Å². The third-order valence-electron chi connectivity index (χ3n) is 4.99. The van der Waals surface area contributed by atoms with Gasteiger partial charge in [-0.1, -0.05) is 18.2 Å². The lowest BCUT2D eigenvalue weighted by molar-refractivity contribution is -0.920. The van der Waals surface area contributed by atoms with Crippen LogP contribution in [0.25, 0.3) is 0 Å². The number of methoxy groups -OCH3 is 1. The van der Waals surface area contributed by atoms with Crippen LogP contribution in [-0.4, -0.2) is 52.1 Å². The van der Waals surface area contributed by atoms with Crippen LogP contribution >= 0.6 is 0 Å². The molecular formula is C20H29N4O+. The Balaban J connectivity index is 1.69. The molecule has 0 saturated carbocycles. The second-order valence-electron chi connectivity index (χ2n) is 7.22. The summed E-state index contributed by atoms with van der Waals surface area (Å²) in [6.45, 7) is 2.03. The van der Waals surface area contributed by atoms with Crippen molar-refractivity contribution in [2.75, 3.05) is 52.0 Å². The maximum absolute atomic E-state index is 5.27. The first-order valence-corrected chi connectivity index (χ1v) is 8.76. The molecular weight excluding hydrogens is 312 g/mol. The Kier molecular flexibility index (Phi) is 5.16. The van der Waals surface area contributed by atoms with Crippen LogP contribution in [0.2, 0.25) is 0 Å². The fourth-order valence-corrected chi connectivity index (χ4v) is 3.49. The molecule has 2 atom stereocenters. The molecule has 2 aromatic carbocycles. The number of anilines is 2. The van der Waals surface area contributed by atoms with Crippen molar-refractivity contribution in [1.29, 1.82) is 0 Å². The summed E-state index contributed by atoms with van der Waals surface area (Å²) < 4.78 is 6.13. The molecule has 1 heterocycles. The van der Waals surface area contributed by atoms with Crippen molar-refractivity contribution in [2.45, 2.75) is 12.2 Å². The number of hydrogen-bond acceptors (Lipinski definition) is 4. The number of likely N-dealkylation sites (N-methyl/N-ethyl adjacent to an activating group) is 1. The van der Waals surface area contributed by atoms with E-state index in [-0.39, 0.29) is 6.29 Å². The Morgan fingerprint density at radius 1 is 1.08 bits per heavy atom. The zero-order chi connectivity index (χ0) is 17.9. The largest absolute Gasteiger partial charge is 0.497 e. The van der Waals surface area contributed by atoms with Crippen molar-refractivity contribution < 1.29 is 9.22 Å². The highest BCUT2D eigenvalue weighted by molar-refractivity contribution is 5.56. The molecule has 1 aliphatic rings. The average molecular weight is 341 g/mol. The minimum atomic E-state index is 0.182. The highest BCUT2D eigenvalue weighted by Gasteiger charge is 2.36. The Labute approximate surface area is 150 Å². The van der Waals surface area contributed by atoms with E-state index >= 15 is 0 Å². The van der Waals surface area contributed by atoms with E-state index in [0.29, 0.717) is 5.92 Å². The van der Waals surface area contributed by atoms with Gasteiger partial charge < -0.3 is 15.4 Å². The molecule has 0 amide bonds. The van der Waals surface area contributed by atoms with Gasteiger partial charge in [-0.15, -0.1) is 0 Å². The molecule has 5 nitrogen and oxygen atoms in total. The van der Waals surface area contributed by atoms with Crippen molar-refractivity contribution in [3.05, 3.63) is 54.1 Å². The van der Waals surface area contributed by atoms with Gasteiger partial charge in [-0.3, -0.25) is 4.48 Å². The third-order valence-corrected chi connectivity index (χ3v) is 4.99. The van der Waals surface area contributed by atoms with Gasteiger partial charge in [0.2, 0.25) is 6.29 Å². The lowest BCUT2D eigenvalue weighted by Gasteiger charge is -2.45. The smallest absolute Gasteiger partial charge is 0.220 e. The number of hydrogen-bond donors (Lipinski definition) is 3. The maximum Gasteiger partial charge on any atom is 0.220 e. The number of benzene rings is 2. The average Bonchev–Trinajstić information content (AvgIpc) is 2.63. The van der Waals surface area contributed by atoms with Gasteiger partial charge in [0.25, 0.3) is 0 Å². The molecule has 3 rings (SSSR count). The van der Waals surface area contributed by atoms with Gasteiger partial charge in [0, 0.05) is 30.9 Å². The number of ether oxygens (including phenoxy) is 1. The van der Waals surface area contributed by atoms with Gasteiger partial charge in [0.1, 0.15) is 5.75 Å². The predicted octanol–water partition coefficient (Wildman–Crippen LogP) is 2.90. The van der Waals surface area contributed by atoms with E-state index in [1.54, 1.807) is 7.11 Å². The molecule has 1 fully saturated rings. The lowest BCUT2D eigenvalue weighted by Crippen LogP contribution is -2.66. The van der Waals surface area contributed by atoms with Crippen molar-refractivity contribution in [2.24, 2.45) is 0 Å². The lowest BCUT2D eigenvalue weighted by atomic mass is 9.96. The van der Waals surface area contributed by atoms with E-state index in [9.17, 15) is 0 Å². The van der Waals surface area contributed by atoms with Crippen LogP contribution in [0.4, 0.5) is 11.4 Å². The quantitative estimate of drug-likeness (QED) is 0.732. The fourth-order valence-electron chi connectivity index (χ4n) is 3.49. The van der Waals surface area contributed by atoms with Gasteiger partial charge >= 0.3 is 0 Å². The van der Waals surface area contributed by atoms with Crippen LogP contribution in [0.3, 0.4) is 0 Å². The first-order chi connectivity index (χ1) is 12.0. The summed E-state index contributed by atoms with van der Waals surface area (Å²) in [7, 11) is 8.18. The minimum Gasteiger partial charge on any atom is -0.497 e. The second-order valence-corrected chi connectivity index (χ2v) is 7.22. The molecule has 0 aromatic heterocycles. The third kappa shape index (κ3) is 4.06. The molecule has 0 radical (unpaired) electrons. The van der Waals surface area contributed by atoms with Gasteiger partial charge in [-0.25, -0.2) is 5.32 Å². The molecule has 3 N–H and O–H groups in total. The van der Waals surface area contributed by atoms with Crippen molar-refractivity contribution in [1.82, 2.24) is 5.32 Å². The van der Waals surface area contributed by atoms with Crippen LogP contribution in [0, 0.1) is 0 Å². The van der Waals surface area contributed by atoms with Crippen LogP contribution in [0.1, 0.15) is 11.5 Å². The number of quaternary nitrogens is 1. The van der Waals surface area contributed by atoms with Gasteiger partial charge in [-0.2, -0.15) is 0 Å². The SMILES string of the molecule is CNc1cccc(NC2NCC(c3ccc(OC)cc3)C[N+]2(C)C)c1. The van der Waals surface area contributed by atoms with Crippen molar-refractivity contribution in [3.8, 4) is 5.75 Å². The second kappa shape index (κ2) is 7.33. The summed E-state index contributed by atoms with van der Waals surface area (Å²) >= 11 is 0. The molecule has 0 spiro atoms. The molecule has 1 saturated heterocycles. The minimum absolute atomic E-state index is 0.182. The highest BCUT2D eigenvalue weighted by Crippen LogP contribution is 2.27. The Morgan fingerprint density at radius 2 is 1.80 bits per heavy atom. The Hall–Kier alpha value is -2.24. The molecule has 134 valence electrons. The van der Waals surface area contributed by atoms with Gasteiger partial charge in [0.05, 0.1) is 27.7 Å². The Bertz CT molecular complexity index is 699. The Morgan fingerprint density at radius 3 is 2.44 bits per heavy atom. The molecule has 2 unspecified atom stereocenters. The van der Waals surface area contributed by atoms with Crippen LogP contribution < -0.4 is 20.7 Å². The number of rotatable bonds is 5.